The van der Waals surface area contributed by atoms with Crippen LogP contribution in [0, 0.1) is 0 Å². The van der Waals surface area contributed by atoms with E-state index in [-0.39, 0.29) is 18.7 Å². The van der Waals surface area contributed by atoms with Crippen LogP contribution in [0.25, 0.3) is 5.69 Å². The van der Waals surface area contributed by atoms with Gasteiger partial charge in [0, 0.05) is 18.1 Å². The molecule has 24 heavy (non-hydrogen) atoms. The van der Waals surface area contributed by atoms with Crippen molar-refractivity contribution in [2.45, 2.75) is 44.2 Å². The van der Waals surface area contributed by atoms with Gasteiger partial charge in [0.2, 0.25) is 0 Å². The SMILES string of the molecule is CC(NC(=O)NC1(CO)CCCC1)c1cccc(-n2ccnc2)c1. The molecule has 0 aliphatic heterocycles. The van der Waals surface area contributed by atoms with E-state index in [4.69, 9.17) is 0 Å². The summed E-state index contributed by atoms with van der Waals surface area (Å²) < 4.78 is 1.93. The third-order valence-electron chi connectivity index (χ3n) is 4.76. The summed E-state index contributed by atoms with van der Waals surface area (Å²) in [6.07, 6.45) is 9.12. The Kier molecular flexibility index (Phi) is 4.85. The summed E-state index contributed by atoms with van der Waals surface area (Å²) in [4.78, 5) is 16.4. The summed E-state index contributed by atoms with van der Waals surface area (Å²) in [6.45, 7) is 1.94. The maximum atomic E-state index is 12.3. The predicted molar refractivity (Wildman–Crippen MR) is 91.9 cm³/mol. The first kappa shape index (κ1) is 16.5. The van der Waals surface area contributed by atoms with Crippen molar-refractivity contribution >= 4 is 6.03 Å². The fourth-order valence-electron chi connectivity index (χ4n) is 3.30. The van der Waals surface area contributed by atoms with Crippen molar-refractivity contribution in [2.75, 3.05) is 6.61 Å². The second-order valence-electron chi connectivity index (χ2n) is 6.53. The van der Waals surface area contributed by atoms with Gasteiger partial charge in [-0.1, -0.05) is 25.0 Å². The summed E-state index contributed by atoms with van der Waals surface area (Å²) in [5, 5.41) is 15.5. The number of urea groups is 1. The van der Waals surface area contributed by atoms with Crippen LogP contribution in [0.5, 0.6) is 0 Å². The molecule has 0 radical (unpaired) electrons. The molecule has 3 N–H and O–H groups in total. The van der Waals surface area contributed by atoms with Crippen molar-refractivity contribution in [3.63, 3.8) is 0 Å². The van der Waals surface area contributed by atoms with Gasteiger partial charge in [0.05, 0.1) is 24.5 Å². The maximum absolute atomic E-state index is 12.3. The van der Waals surface area contributed by atoms with Gasteiger partial charge in [-0.3, -0.25) is 0 Å². The summed E-state index contributed by atoms with van der Waals surface area (Å²) in [5.41, 5.74) is 1.56. The lowest BCUT2D eigenvalue weighted by Crippen LogP contribution is -2.53. The Hall–Kier alpha value is -2.34. The van der Waals surface area contributed by atoms with Gasteiger partial charge in [-0.25, -0.2) is 9.78 Å². The highest BCUT2D eigenvalue weighted by Crippen LogP contribution is 2.29. The Bertz CT molecular complexity index is 678. The molecule has 3 rings (SSSR count). The number of carbonyl (C=O) groups is 1. The number of aromatic nitrogens is 2. The van der Waals surface area contributed by atoms with Crippen LogP contribution in [0.4, 0.5) is 4.79 Å². The number of benzene rings is 1. The van der Waals surface area contributed by atoms with Crippen LogP contribution in [-0.4, -0.2) is 32.8 Å². The molecule has 1 saturated carbocycles. The van der Waals surface area contributed by atoms with E-state index >= 15 is 0 Å². The molecule has 6 nitrogen and oxygen atoms in total. The number of carbonyl (C=O) groups excluding carboxylic acids is 1. The molecule has 0 saturated heterocycles. The van der Waals surface area contributed by atoms with Crippen LogP contribution in [0.2, 0.25) is 0 Å². The molecule has 6 heteroatoms. The van der Waals surface area contributed by atoms with E-state index in [1.54, 1.807) is 12.5 Å². The van der Waals surface area contributed by atoms with Crippen LogP contribution in [0.3, 0.4) is 0 Å². The molecule has 1 aliphatic rings. The van der Waals surface area contributed by atoms with Crippen molar-refractivity contribution in [3.8, 4) is 5.69 Å². The molecule has 1 heterocycles. The third-order valence-corrected chi connectivity index (χ3v) is 4.76. The fourth-order valence-corrected chi connectivity index (χ4v) is 3.30. The Morgan fingerprint density at radius 3 is 2.88 bits per heavy atom. The number of rotatable bonds is 5. The first-order chi connectivity index (χ1) is 11.6. The van der Waals surface area contributed by atoms with Gasteiger partial charge < -0.3 is 20.3 Å². The molecule has 0 bridgehead atoms. The molecule has 1 fully saturated rings. The summed E-state index contributed by atoms with van der Waals surface area (Å²) in [7, 11) is 0. The Morgan fingerprint density at radius 1 is 1.42 bits per heavy atom. The van der Waals surface area contributed by atoms with Crippen molar-refractivity contribution in [2.24, 2.45) is 0 Å². The van der Waals surface area contributed by atoms with Crippen LogP contribution >= 0.6 is 0 Å². The molecule has 1 aliphatic carbocycles. The lowest BCUT2D eigenvalue weighted by atomic mass is 9.99. The molecular weight excluding hydrogens is 304 g/mol. The van der Waals surface area contributed by atoms with Gasteiger partial charge >= 0.3 is 6.03 Å². The predicted octanol–water partition coefficient (Wildman–Crippen LogP) is 2.54. The van der Waals surface area contributed by atoms with Crippen LogP contribution in [0.1, 0.15) is 44.2 Å². The van der Waals surface area contributed by atoms with Gasteiger partial charge in [-0.2, -0.15) is 0 Å². The van der Waals surface area contributed by atoms with E-state index in [9.17, 15) is 9.90 Å². The minimum atomic E-state index is -0.456. The maximum Gasteiger partial charge on any atom is 0.315 e. The molecule has 1 unspecified atom stereocenters. The third kappa shape index (κ3) is 3.59. The van der Waals surface area contributed by atoms with E-state index in [1.807, 2.05) is 42.0 Å². The normalized spacial score (nSPS) is 17.4. The van der Waals surface area contributed by atoms with Gasteiger partial charge in [0.25, 0.3) is 0 Å². The number of aliphatic hydroxyl groups excluding tert-OH is 1. The average Bonchev–Trinajstić information content (AvgIpc) is 3.27. The number of nitrogens with zero attached hydrogens (tertiary/aromatic N) is 2. The largest absolute Gasteiger partial charge is 0.394 e. The standard InChI is InChI=1S/C18H24N4O2/c1-14(20-17(24)21-18(12-23)7-2-3-8-18)15-5-4-6-16(11-15)22-10-9-19-13-22/h4-6,9-11,13-14,23H,2-3,7-8,12H2,1H3,(H2,20,21,24). The Labute approximate surface area is 141 Å². The topological polar surface area (TPSA) is 79.2 Å². The van der Waals surface area contributed by atoms with Crippen molar-refractivity contribution in [1.29, 1.82) is 0 Å². The number of imidazole rings is 1. The quantitative estimate of drug-likeness (QED) is 0.789. The lowest BCUT2D eigenvalue weighted by Gasteiger charge is -2.29. The zero-order valence-electron chi connectivity index (χ0n) is 13.9. The molecule has 1 aromatic carbocycles. The molecular formula is C18H24N4O2. The molecule has 2 amide bonds. The molecule has 1 aromatic heterocycles. The van der Waals surface area contributed by atoms with Crippen molar-refractivity contribution in [3.05, 3.63) is 48.5 Å². The van der Waals surface area contributed by atoms with Gasteiger partial charge in [0.1, 0.15) is 0 Å². The highest BCUT2D eigenvalue weighted by atomic mass is 16.3. The Morgan fingerprint density at radius 2 is 2.21 bits per heavy atom. The van der Waals surface area contributed by atoms with E-state index in [1.165, 1.54) is 0 Å². The van der Waals surface area contributed by atoms with Crippen LogP contribution in [0.15, 0.2) is 43.0 Å². The van der Waals surface area contributed by atoms with E-state index in [2.05, 4.69) is 15.6 Å². The van der Waals surface area contributed by atoms with Crippen molar-refractivity contribution < 1.29 is 9.90 Å². The second kappa shape index (κ2) is 7.05. The first-order valence-electron chi connectivity index (χ1n) is 8.40. The minimum Gasteiger partial charge on any atom is -0.394 e. The lowest BCUT2D eigenvalue weighted by molar-refractivity contribution is 0.162. The summed E-state index contributed by atoms with van der Waals surface area (Å²) >= 11 is 0. The molecule has 128 valence electrons. The molecule has 0 spiro atoms. The van der Waals surface area contributed by atoms with Crippen molar-refractivity contribution in [1.82, 2.24) is 20.2 Å². The van der Waals surface area contributed by atoms with Gasteiger partial charge in [0.15, 0.2) is 0 Å². The van der Waals surface area contributed by atoms with E-state index in [0.29, 0.717) is 0 Å². The smallest absolute Gasteiger partial charge is 0.315 e. The number of hydrogen-bond acceptors (Lipinski definition) is 3. The van der Waals surface area contributed by atoms with Gasteiger partial charge in [-0.15, -0.1) is 0 Å². The fraction of sp³-hybridized carbons (Fsp3) is 0.444. The monoisotopic (exact) mass is 328 g/mol. The summed E-state index contributed by atoms with van der Waals surface area (Å²) in [5.74, 6) is 0. The minimum absolute atomic E-state index is 0.00901. The number of amides is 2. The van der Waals surface area contributed by atoms with Crippen LogP contribution in [-0.2, 0) is 0 Å². The second-order valence-corrected chi connectivity index (χ2v) is 6.53. The van der Waals surface area contributed by atoms with Crippen LogP contribution < -0.4 is 10.6 Å². The highest BCUT2D eigenvalue weighted by molar-refractivity contribution is 5.75. The zero-order chi connectivity index (χ0) is 17.0. The van der Waals surface area contributed by atoms with E-state index in [0.717, 1.165) is 36.9 Å². The number of nitrogens with one attached hydrogen (secondary N) is 2. The first-order valence-corrected chi connectivity index (χ1v) is 8.40. The Balaban J connectivity index is 1.65. The van der Waals surface area contributed by atoms with Gasteiger partial charge in [-0.05, 0) is 37.5 Å². The van der Waals surface area contributed by atoms with E-state index < -0.39 is 5.54 Å². The molecule has 1 atom stereocenters. The summed E-state index contributed by atoms with van der Waals surface area (Å²) in [6, 6.07) is 7.62. The number of aliphatic hydroxyl groups is 1. The highest BCUT2D eigenvalue weighted by Gasteiger charge is 2.34. The zero-order valence-corrected chi connectivity index (χ0v) is 13.9. The average molecular weight is 328 g/mol. The number of hydrogen-bond donors (Lipinski definition) is 3. The molecule has 2 aromatic rings.